The first-order valence-corrected chi connectivity index (χ1v) is 8.96. The van der Waals surface area contributed by atoms with Crippen LogP contribution in [0.3, 0.4) is 0 Å². The van der Waals surface area contributed by atoms with Crippen LogP contribution in [0.5, 0.6) is 0 Å². The highest BCUT2D eigenvalue weighted by Gasteiger charge is 2.12. The van der Waals surface area contributed by atoms with E-state index in [1.807, 2.05) is 0 Å². The van der Waals surface area contributed by atoms with Crippen molar-refractivity contribution >= 4 is 29.3 Å². The fraction of sp³-hybridized carbons (Fsp3) is 0.0588. The maximum Gasteiger partial charge on any atom is 0.269 e. The van der Waals surface area contributed by atoms with E-state index in [4.69, 9.17) is 0 Å². The Bertz CT molecular complexity index is 990. The SMILES string of the molecule is O=C(CSc1n[nH]c(-c2ccc([N+](=O)[O-])cc2)n1)NNC(=O)c1ccccc1. The van der Waals surface area contributed by atoms with Gasteiger partial charge in [-0.25, -0.2) is 4.98 Å². The molecule has 0 aliphatic rings. The number of aromatic amines is 1. The molecule has 28 heavy (non-hydrogen) atoms. The Balaban J connectivity index is 1.49. The lowest BCUT2D eigenvalue weighted by atomic mass is 10.2. The van der Waals surface area contributed by atoms with Crippen molar-refractivity contribution in [1.29, 1.82) is 0 Å². The Morgan fingerprint density at radius 3 is 2.46 bits per heavy atom. The average molecular weight is 398 g/mol. The number of amides is 2. The Morgan fingerprint density at radius 2 is 1.79 bits per heavy atom. The van der Waals surface area contributed by atoms with E-state index in [0.29, 0.717) is 22.1 Å². The van der Waals surface area contributed by atoms with Crippen LogP contribution >= 0.6 is 11.8 Å². The number of hydrogen-bond acceptors (Lipinski definition) is 7. The maximum atomic E-state index is 11.9. The summed E-state index contributed by atoms with van der Waals surface area (Å²) in [6, 6.07) is 14.3. The number of nitrogens with one attached hydrogen (secondary N) is 3. The van der Waals surface area contributed by atoms with Gasteiger partial charge in [0.15, 0.2) is 5.82 Å². The number of thioether (sulfide) groups is 1. The Labute approximate surface area is 162 Å². The number of hydrogen-bond donors (Lipinski definition) is 3. The van der Waals surface area contributed by atoms with Gasteiger partial charge < -0.3 is 0 Å². The molecule has 0 unspecified atom stereocenters. The Morgan fingerprint density at radius 1 is 1.07 bits per heavy atom. The van der Waals surface area contributed by atoms with Crippen molar-refractivity contribution in [3.63, 3.8) is 0 Å². The normalized spacial score (nSPS) is 10.3. The van der Waals surface area contributed by atoms with Gasteiger partial charge in [0.2, 0.25) is 11.1 Å². The highest BCUT2D eigenvalue weighted by atomic mass is 32.2. The first-order chi connectivity index (χ1) is 13.5. The molecule has 3 rings (SSSR count). The fourth-order valence-corrected chi connectivity index (χ4v) is 2.73. The van der Waals surface area contributed by atoms with Crippen LogP contribution in [0.2, 0.25) is 0 Å². The van der Waals surface area contributed by atoms with Crippen LogP contribution in [0.15, 0.2) is 59.8 Å². The number of hydrazine groups is 1. The van der Waals surface area contributed by atoms with Gasteiger partial charge in [0.25, 0.3) is 11.6 Å². The molecule has 0 radical (unpaired) electrons. The number of benzene rings is 2. The van der Waals surface area contributed by atoms with Crippen LogP contribution in [0.25, 0.3) is 11.4 Å². The Kier molecular flexibility index (Phi) is 5.97. The van der Waals surface area contributed by atoms with Crippen molar-refractivity contribution in [2.24, 2.45) is 0 Å². The molecule has 0 saturated heterocycles. The quantitative estimate of drug-likeness (QED) is 0.327. The van der Waals surface area contributed by atoms with E-state index in [1.165, 1.54) is 12.1 Å². The summed E-state index contributed by atoms with van der Waals surface area (Å²) in [5.41, 5.74) is 5.68. The molecule has 0 aliphatic heterocycles. The van der Waals surface area contributed by atoms with Crippen molar-refractivity contribution in [3.05, 3.63) is 70.3 Å². The van der Waals surface area contributed by atoms with Gasteiger partial charge in [-0.3, -0.25) is 35.7 Å². The average Bonchev–Trinajstić information content (AvgIpc) is 3.20. The van der Waals surface area contributed by atoms with Crippen LogP contribution in [0.4, 0.5) is 5.69 Å². The fourth-order valence-electron chi connectivity index (χ4n) is 2.14. The van der Waals surface area contributed by atoms with Crippen LogP contribution in [-0.2, 0) is 4.79 Å². The van der Waals surface area contributed by atoms with Crippen molar-refractivity contribution in [2.75, 3.05) is 5.75 Å². The van der Waals surface area contributed by atoms with Gasteiger partial charge >= 0.3 is 0 Å². The zero-order valence-electron chi connectivity index (χ0n) is 14.3. The molecule has 0 bridgehead atoms. The second-order valence-electron chi connectivity index (χ2n) is 5.43. The van der Waals surface area contributed by atoms with E-state index in [1.54, 1.807) is 42.5 Å². The summed E-state index contributed by atoms with van der Waals surface area (Å²) in [5.74, 6) is -0.421. The minimum absolute atomic E-state index is 0.00732. The maximum absolute atomic E-state index is 11.9. The van der Waals surface area contributed by atoms with Gasteiger partial charge in [-0.05, 0) is 24.3 Å². The van der Waals surface area contributed by atoms with E-state index in [-0.39, 0.29) is 11.4 Å². The third-order valence-electron chi connectivity index (χ3n) is 3.50. The van der Waals surface area contributed by atoms with Crippen molar-refractivity contribution in [1.82, 2.24) is 26.0 Å². The largest absolute Gasteiger partial charge is 0.272 e. The smallest absolute Gasteiger partial charge is 0.269 e. The molecule has 2 aromatic carbocycles. The molecule has 3 N–H and O–H groups in total. The number of carbonyl (C=O) groups is 2. The molecule has 10 nitrogen and oxygen atoms in total. The number of carbonyl (C=O) groups excluding carboxylic acids is 2. The zero-order chi connectivity index (χ0) is 19.9. The van der Waals surface area contributed by atoms with Crippen molar-refractivity contribution in [2.45, 2.75) is 5.16 Å². The molecule has 0 saturated carbocycles. The lowest BCUT2D eigenvalue weighted by molar-refractivity contribution is -0.384. The van der Waals surface area contributed by atoms with E-state index in [9.17, 15) is 19.7 Å². The van der Waals surface area contributed by atoms with E-state index >= 15 is 0 Å². The topological polar surface area (TPSA) is 143 Å². The van der Waals surface area contributed by atoms with Gasteiger partial charge in [-0.15, -0.1) is 5.10 Å². The summed E-state index contributed by atoms with van der Waals surface area (Å²) in [5, 5.41) is 17.7. The van der Waals surface area contributed by atoms with E-state index < -0.39 is 16.7 Å². The first kappa shape index (κ1) is 19.0. The molecule has 3 aromatic rings. The lowest BCUT2D eigenvalue weighted by Crippen LogP contribution is -2.42. The summed E-state index contributed by atoms with van der Waals surface area (Å²) in [6.45, 7) is 0. The predicted molar refractivity (Wildman–Crippen MR) is 101 cm³/mol. The predicted octanol–water partition coefficient (Wildman–Crippen LogP) is 1.93. The van der Waals surface area contributed by atoms with E-state index in [2.05, 4.69) is 26.0 Å². The summed E-state index contributed by atoms with van der Waals surface area (Å²) in [4.78, 5) is 38.1. The third kappa shape index (κ3) is 4.92. The number of nitro groups is 1. The molecule has 11 heteroatoms. The molecule has 0 atom stereocenters. The summed E-state index contributed by atoms with van der Waals surface area (Å²) in [6.07, 6.45) is 0. The number of nitro benzene ring substituents is 1. The standard InChI is InChI=1S/C17H14N6O4S/c24-14(19-21-16(25)12-4-2-1-3-5-12)10-28-17-18-15(20-22-17)11-6-8-13(9-7-11)23(26)27/h1-9H,10H2,(H,19,24)(H,21,25)(H,18,20,22). The molecule has 0 aliphatic carbocycles. The van der Waals surface area contributed by atoms with Crippen LogP contribution < -0.4 is 10.9 Å². The summed E-state index contributed by atoms with van der Waals surface area (Å²) in [7, 11) is 0. The van der Waals surface area contributed by atoms with Gasteiger partial charge in [0, 0.05) is 23.3 Å². The van der Waals surface area contributed by atoms with Crippen molar-refractivity contribution < 1.29 is 14.5 Å². The second kappa shape index (κ2) is 8.77. The molecular formula is C17H14N6O4S. The number of non-ortho nitro benzene ring substituents is 1. The van der Waals surface area contributed by atoms with Gasteiger partial charge in [-0.1, -0.05) is 30.0 Å². The molecule has 0 spiro atoms. The highest BCUT2D eigenvalue weighted by molar-refractivity contribution is 7.99. The van der Waals surface area contributed by atoms with Gasteiger partial charge in [-0.2, -0.15) is 0 Å². The minimum Gasteiger partial charge on any atom is -0.272 e. The second-order valence-corrected chi connectivity index (χ2v) is 6.37. The molecule has 0 fully saturated rings. The lowest BCUT2D eigenvalue weighted by Gasteiger charge is -2.06. The molecule has 1 aromatic heterocycles. The highest BCUT2D eigenvalue weighted by Crippen LogP contribution is 2.21. The molecule has 142 valence electrons. The van der Waals surface area contributed by atoms with Crippen LogP contribution in [0.1, 0.15) is 10.4 Å². The van der Waals surface area contributed by atoms with E-state index in [0.717, 1.165) is 11.8 Å². The molecule has 1 heterocycles. The molecular weight excluding hydrogens is 384 g/mol. The monoisotopic (exact) mass is 398 g/mol. The number of rotatable bonds is 6. The van der Waals surface area contributed by atoms with Crippen molar-refractivity contribution in [3.8, 4) is 11.4 Å². The Hall–Kier alpha value is -3.73. The van der Waals surface area contributed by atoms with Crippen LogP contribution in [-0.4, -0.2) is 37.7 Å². The van der Waals surface area contributed by atoms with Crippen LogP contribution in [0, 0.1) is 10.1 Å². The summed E-state index contributed by atoms with van der Waals surface area (Å²) < 4.78 is 0. The third-order valence-corrected chi connectivity index (χ3v) is 4.35. The number of aromatic nitrogens is 3. The number of H-pyrrole nitrogens is 1. The number of nitrogens with zero attached hydrogens (tertiary/aromatic N) is 3. The molecule has 2 amide bonds. The van der Waals surface area contributed by atoms with Gasteiger partial charge in [0.1, 0.15) is 0 Å². The zero-order valence-corrected chi connectivity index (χ0v) is 15.1. The first-order valence-electron chi connectivity index (χ1n) is 7.97. The summed E-state index contributed by atoms with van der Waals surface area (Å²) >= 11 is 1.07. The van der Waals surface area contributed by atoms with Gasteiger partial charge in [0.05, 0.1) is 10.7 Å². The minimum atomic E-state index is -0.485.